The number of carbonyl (C=O) groups is 1. The average Bonchev–Trinajstić information content (AvgIpc) is 2.85. The highest BCUT2D eigenvalue weighted by atomic mass is 16.3. The van der Waals surface area contributed by atoms with E-state index in [-0.39, 0.29) is 11.9 Å². The second-order valence-electron chi connectivity index (χ2n) is 9.03. The Morgan fingerprint density at radius 3 is 1.94 bits per heavy atom. The second kappa shape index (κ2) is 8.89. The van der Waals surface area contributed by atoms with Gasteiger partial charge in [0.2, 0.25) is 5.91 Å². The molecule has 0 saturated carbocycles. The van der Waals surface area contributed by atoms with Crippen molar-refractivity contribution in [2.75, 3.05) is 19.6 Å². The lowest BCUT2D eigenvalue weighted by Crippen LogP contribution is -2.61. The lowest BCUT2D eigenvalue weighted by molar-refractivity contribution is -0.155. The van der Waals surface area contributed by atoms with Crippen molar-refractivity contribution in [3.05, 3.63) is 108 Å². The van der Waals surface area contributed by atoms with E-state index in [4.69, 9.17) is 0 Å². The summed E-state index contributed by atoms with van der Waals surface area (Å²) >= 11 is 0. The fraction of sp³-hybridized carbons (Fsp3) is 0.321. The molecule has 3 aromatic rings. The molecule has 3 aromatic carbocycles. The second-order valence-corrected chi connectivity index (χ2v) is 9.03. The third-order valence-corrected chi connectivity index (χ3v) is 7.12. The van der Waals surface area contributed by atoms with Crippen LogP contribution in [-0.4, -0.2) is 46.5 Å². The Bertz CT molecular complexity index is 999. The minimum absolute atomic E-state index is 0.0795. The summed E-state index contributed by atoms with van der Waals surface area (Å²) in [6.45, 7) is 3.38. The molecule has 2 fully saturated rings. The molecule has 164 valence electrons. The fourth-order valence-corrected chi connectivity index (χ4v) is 5.47. The molecule has 1 N–H and O–H groups in total. The first-order valence-electron chi connectivity index (χ1n) is 11.6. The number of hydrogen-bond donors (Lipinski definition) is 1. The van der Waals surface area contributed by atoms with Crippen LogP contribution in [-0.2, 0) is 16.9 Å². The van der Waals surface area contributed by atoms with Gasteiger partial charge in [0, 0.05) is 32.2 Å². The molecule has 2 aliphatic heterocycles. The predicted octanol–water partition coefficient (Wildman–Crippen LogP) is 4.05. The molecule has 1 amide bonds. The van der Waals surface area contributed by atoms with E-state index < -0.39 is 11.5 Å². The van der Waals surface area contributed by atoms with Crippen molar-refractivity contribution in [1.82, 2.24) is 9.80 Å². The highest BCUT2D eigenvalue weighted by molar-refractivity contribution is 5.82. The van der Waals surface area contributed by atoms with E-state index in [0.717, 1.165) is 37.2 Å². The normalized spacial score (nSPS) is 21.9. The Balaban J connectivity index is 1.38. The number of amides is 1. The van der Waals surface area contributed by atoms with E-state index in [1.54, 1.807) is 0 Å². The zero-order chi connectivity index (χ0) is 22.0. The quantitative estimate of drug-likeness (QED) is 0.670. The van der Waals surface area contributed by atoms with Crippen LogP contribution in [0.3, 0.4) is 0 Å². The molecule has 2 atom stereocenters. The lowest BCUT2D eigenvalue weighted by Gasteiger charge is -2.49. The maximum atomic E-state index is 13.8. The van der Waals surface area contributed by atoms with Gasteiger partial charge in [-0.15, -0.1) is 0 Å². The summed E-state index contributed by atoms with van der Waals surface area (Å²) in [5, 5.41) is 12.1. The van der Waals surface area contributed by atoms with Crippen LogP contribution < -0.4 is 0 Å². The number of piperazine rings is 1. The van der Waals surface area contributed by atoms with Gasteiger partial charge in [-0.25, -0.2) is 0 Å². The Hall–Kier alpha value is -2.95. The van der Waals surface area contributed by atoms with Crippen molar-refractivity contribution in [1.29, 1.82) is 0 Å². The first kappa shape index (κ1) is 20.9. The van der Waals surface area contributed by atoms with E-state index in [9.17, 15) is 9.90 Å². The monoisotopic (exact) mass is 426 g/mol. The molecule has 0 radical (unpaired) electrons. The Labute approximate surface area is 190 Å². The number of nitrogens with zero attached hydrogens (tertiary/aromatic N) is 2. The van der Waals surface area contributed by atoms with Crippen molar-refractivity contribution < 1.29 is 9.90 Å². The van der Waals surface area contributed by atoms with Gasteiger partial charge in [0.15, 0.2) is 0 Å². The first-order valence-corrected chi connectivity index (χ1v) is 11.6. The fourth-order valence-electron chi connectivity index (χ4n) is 5.47. The molecule has 0 spiro atoms. The number of rotatable bonds is 5. The summed E-state index contributed by atoms with van der Waals surface area (Å²) in [5.41, 5.74) is 1.55. The van der Waals surface area contributed by atoms with Gasteiger partial charge >= 0.3 is 0 Å². The first-order chi connectivity index (χ1) is 15.7. The van der Waals surface area contributed by atoms with E-state index in [1.807, 2.05) is 71.6 Å². The molecule has 5 rings (SSSR count). The molecular formula is C28H30N2O2. The van der Waals surface area contributed by atoms with Gasteiger partial charge < -0.3 is 10.0 Å². The zero-order valence-electron chi connectivity index (χ0n) is 18.3. The van der Waals surface area contributed by atoms with E-state index >= 15 is 0 Å². The lowest BCUT2D eigenvalue weighted by atomic mass is 9.71. The van der Waals surface area contributed by atoms with Gasteiger partial charge in [-0.2, -0.15) is 0 Å². The van der Waals surface area contributed by atoms with Crippen LogP contribution in [0.1, 0.15) is 29.5 Å². The molecule has 32 heavy (non-hydrogen) atoms. The highest BCUT2D eigenvalue weighted by Crippen LogP contribution is 2.43. The van der Waals surface area contributed by atoms with Crippen LogP contribution in [0.15, 0.2) is 91.0 Å². The molecule has 4 nitrogen and oxygen atoms in total. The third-order valence-electron chi connectivity index (χ3n) is 7.12. The summed E-state index contributed by atoms with van der Waals surface area (Å²) in [6, 6.07) is 30.1. The molecule has 0 aliphatic carbocycles. The number of hydrogen-bond acceptors (Lipinski definition) is 3. The zero-order valence-corrected chi connectivity index (χ0v) is 18.3. The molecule has 0 unspecified atom stereocenters. The molecule has 0 aromatic heterocycles. The van der Waals surface area contributed by atoms with Crippen molar-refractivity contribution in [3.8, 4) is 0 Å². The van der Waals surface area contributed by atoms with Crippen molar-refractivity contribution in [3.63, 3.8) is 0 Å². The maximum Gasteiger partial charge on any atom is 0.229 e. The third kappa shape index (κ3) is 3.85. The summed E-state index contributed by atoms with van der Waals surface area (Å²) in [5.74, 6) is -0.403. The summed E-state index contributed by atoms with van der Waals surface area (Å²) in [4.78, 5) is 18.2. The van der Waals surface area contributed by atoms with Gasteiger partial charge in [0.1, 0.15) is 5.60 Å². The van der Waals surface area contributed by atoms with E-state index in [2.05, 4.69) is 29.2 Å². The molecular weight excluding hydrogens is 396 g/mol. The molecule has 2 aliphatic rings. The molecule has 2 heterocycles. The predicted molar refractivity (Wildman–Crippen MR) is 126 cm³/mol. The summed E-state index contributed by atoms with van der Waals surface area (Å²) in [6.07, 6.45) is 1.59. The minimum Gasteiger partial charge on any atom is -0.380 e. The largest absolute Gasteiger partial charge is 0.380 e. The average molecular weight is 427 g/mol. The van der Waals surface area contributed by atoms with Crippen LogP contribution in [0.25, 0.3) is 0 Å². The van der Waals surface area contributed by atoms with Crippen molar-refractivity contribution >= 4 is 5.91 Å². The Morgan fingerprint density at radius 1 is 0.781 bits per heavy atom. The topological polar surface area (TPSA) is 43.8 Å². The molecule has 4 heteroatoms. The van der Waals surface area contributed by atoms with Crippen LogP contribution in [0.5, 0.6) is 0 Å². The number of carbonyl (C=O) groups excluding carboxylic acids is 1. The smallest absolute Gasteiger partial charge is 0.229 e. The van der Waals surface area contributed by atoms with Crippen LogP contribution in [0.2, 0.25) is 0 Å². The minimum atomic E-state index is -1.33. The van der Waals surface area contributed by atoms with E-state index in [1.165, 1.54) is 5.56 Å². The standard InChI is InChI=1S/C28H30N2O2/c31-27-26(28(32,23-12-6-2-7-13-23)24-14-8-3-9-15-24)17-16-25-21-29(18-19-30(25)27)20-22-10-4-1-5-11-22/h1-15,25-26,32H,16-21H2/t25-,26+/m0/s1. The number of fused-ring (bicyclic) bond motifs is 1. The van der Waals surface area contributed by atoms with Crippen molar-refractivity contribution in [2.24, 2.45) is 5.92 Å². The van der Waals surface area contributed by atoms with Crippen LogP contribution >= 0.6 is 0 Å². The maximum absolute atomic E-state index is 13.8. The SMILES string of the molecule is O=C1[C@H](C(O)(c2ccccc2)c2ccccc2)CC[C@H]2CN(Cc3ccccc3)CCN12. The highest BCUT2D eigenvalue weighted by Gasteiger charge is 2.50. The van der Waals surface area contributed by atoms with Gasteiger partial charge in [0.25, 0.3) is 0 Å². The molecule has 2 saturated heterocycles. The number of benzene rings is 3. The Morgan fingerprint density at radius 2 is 1.34 bits per heavy atom. The van der Waals surface area contributed by atoms with E-state index in [0.29, 0.717) is 13.0 Å². The van der Waals surface area contributed by atoms with Gasteiger partial charge in [-0.05, 0) is 29.5 Å². The van der Waals surface area contributed by atoms with Crippen LogP contribution in [0.4, 0.5) is 0 Å². The number of aliphatic hydroxyl groups is 1. The van der Waals surface area contributed by atoms with Gasteiger partial charge in [-0.3, -0.25) is 9.69 Å². The van der Waals surface area contributed by atoms with Gasteiger partial charge in [0.05, 0.1) is 5.92 Å². The number of piperidine rings is 1. The van der Waals surface area contributed by atoms with Gasteiger partial charge in [-0.1, -0.05) is 91.0 Å². The molecule has 0 bridgehead atoms. The summed E-state index contributed by atoms with van der Waals surface area (Å²) < 4.78 is 0. The van der Waals surface area contributed by atoms with Crippen LogP contribution in [0, 0.1) is 5.92 Å². The summed E-state index contributed by atoms with van der Waals surface area (Å²) in [7, 11) is 0. The Kier molecular flexibility index (Phi) is 5.81. The van der Waals surface area contributed by atoms with Crippen molar-refractivity contribution in [2.45, 2.75) is 31.0 Å².